The smallest absolute Gasteiger partial charge is 0.0406 e. The molecule has 0 amide bonds. The van der Waals surface area contributed by atoms with Crippen molar-refractivity contribution in [3.63, 3.8) is 0 Å². The molecule has 1 aromatic carbocycles. The molecule has 0 aliphatic heterocycles. The molecule has 2 rings (SSSR count). The highest BCUT2D eigenvalue weighted by Crippen LogP contribution is 2.23. The molecule has 0 radical (unpaired) electrons. The van der Waals surface area contributed by atoms with E-state index in [2.05, 4.69) is 24.4 Å². The summed E-state index contributed by atoms with van der Waals surface area (Å²) in [5, 5.41) is 4.42. The molecule has 0 spiro atoms. The molecule has 0 saturated heterocycles. The summed E-state index contributed by atoms with van der Waals surface area (Å²) >= 11 is 5.84. The summed E-state index contributed by atoms with van der Waals surface area (Å²) in [6.07, 6.45) is 4.04. The predicted octanol–water partition coefficient (Wildman–Crippen LogP) is 3.54. The van der Waals surface area contributed by atoms with E-state index in [1.165, 1.54) is 24.8 Å². The first-order chi connectivity index (χ1) is 6.75. The van der Waals surface area contributed by atoms with Gasteiger partial charge in [0.05, 0.1) is 0 Å². The van der Waals surface area contributed by atoms with Gasteiger partial charge in [0.2, 0.25) is 0 Å². The van der Waals surface area contributed by atoms with Crippen molar-refractivity contribution in [3.05, 3.63) is 34.9 Å². The zero-order valence-corrected chi connectivity index (χ0v) is 9.22. The lowest BCUT2D eigenvalue weighted by Gasteiger charge is -2.30. The van der Waals surface area contributed by atoms with Gasteiger partial charge in [-0.15, -0.1) is 0 Å². The van der Waals surface area contributed by atoms with Crippen molar-refractivity contribution < 1.29 is 0 Å². The summed E-state index contributed by atoms with van der Waals surface area (Å²) in [4.78, 5) is 0. The first kappa shape index (κ1) is 10.0. The second-order valence-corrected chi connectivity index (χ2v) is 4.50. The first-order valence-corrected chi connectivity index (χ1v) is 5.65. The molecule has 1 aromatic rings. The van der Waals surface area contributed by atoms with Crippen LogP contribution >= 0.6 is 11.6 Å². The van der Waals surface area contributed by atoms with Crippen LogP contribution in [-0.2, 0) is 0 Å². The van der Waals surface area contributed by atoms with E-state index in [0.717, 1.165) is 11.1 Å². The summed E-state index contributed by atoms with van der Waals surface area (Å²) in [6, 6.07) is 9.28. The Morgan fingerprint density at radius 1 is 1.29 bits per heavy atom. The van der Waals surface area contributed by atoms with Crippen LogP contribution < -0.4 is 5.32 Å². The normalized spacial score (nSPS) is 19.0. The van der Waals surface area contributed by atoms with E-state index in [1.807, 2.05) is 12.1 Å². The topological polar surface area (TPSA) is 12.0 Å². The van der Waals surface area contributed by atoms with E-state index >= 15 is 0 Å². The average molecular weight is 210 g/mol. The molecule has 1 atom stereocenters. The third-order valence-electron chi connectivity index (χ3n) is 2.96. The molecule has 14 heavy (non-hydrogen) atoms. The first-order valence-electron chi connectivity index (χ1n) is 5.27. The number of halogens is 1. The molecule has 1 aliphatic carbocycles. The largest absolute Gasteiger partial charge is 0.307 e. The van der Waals surface area contributed by atoms with E-state index in [-0.39, 0.29) is 0 Å². The maximum atomic E-state index is 5.84. The third kappa shape index (κ3) is 2.28. The number of rotatable bonds is 3. The van der Waals surface area contributed by atoms with Crippen LogP contribution in [0.5, 0.6) is 0 Å². The maximum Gasteiger partial charge on any atom is 0.0406 e. The van der Waals surface area contributed by atoms with Crippen LogP contribution in [0.2, 0.25) is 5.02 Å². The van der Waals surface area contributed by atoms with Gasteiger partial charge in [-0.3, -0.25) is 0 Å². The van der Waals surface area contributed by atoms with Crippen molar-refractivity contribution in [1.29, 1.82) is 0 Å². The lowest BCUT2D eigenvalue weighted by atomic mass is 9.92. The molecule has 1 N–H and O–H groups in total. The van der Waals surface area contributed by atoms with Gasteiger partial charge in [0.1, 0.15) is 0 Å². The van der Waals surface area contributed by atoms with Crippen molar-refractivity contribution >= 4 is 11.6 Å². The fraction of sp³-hybridized carbons (Fsp3) is 0.500. The van der Waals surface area contributed by atoms with Gasteiger partial charge >= 0.3 is 0 Å². The minimum atomic E-state index is 0.442. The Morgan fingerprint density at radius 3 is 2.43 bits per heavy atom. The molecule has 1 aliphatic rings. The Kier molecular flexibility index (Phi) is 3.09. The highest BCUT2D eigenvalue weighted by Gasteiger charge is 2.19. The van der Waals surface area contributed by atoms with Gasteiger partial charge in [0.15, 0.2) is 0 Å². The van der Waals surface area contributed by atoms with E-state index in [0.29, 0.717) is 6.04 Å². The Balaban J connectivity index is 1.95. The van der Waals surface area contributed by atoms with Crippen LogP contribution in [0.3, 0.4) is 0 Å². The fourth-order valence-electron chi connectivity index (χ4n) is 1.78. The van der Waals surface area contributed by atoms with Crippen LogP contribution in [0.15, 0.2) is 24.3 Å². The molecule has 2 heteroatoms. The molecule has 0 aromatic heterocycles. The van der Waals surface area contributed by atoms with Gasteiger partial charge < -0.3 is 5.32 Å². The predicted molar refractivity (Wildman–Crippen MR) is 60.6 cm³/mol. The molecule has 1 unspecified atom stereocenters. The van der Waals surface area contributed by atoms with E-state index in [9.17, 15) is 0 Å². The van der Waals surface area contributed by atoms with Gasteiger partial charge in [-0.1, -0.05) is 30.2 Å². The van der Waals surface area contributed by atoms with Gasteiger partial charge in [-0.25, -0.2) is 0 Å². The molecule has 0 heterocycles. The van der Waals surface area contributed by atoms with E-state index in [4.69, 9.17) is 11.6 Å². The summed E-state index contributed by atoms with van der Waals surface area (Å²) in [5.41, 5.74) is 1.32. The standard InChI is InChI=1S/C12H16ClN/c1-9(14-12-3-2-4-12)10-5-7-11(13)8-6-10/h5-9,12,14H,2-4H2,1H3. The number of nitrogens with one attached hydrogen (secondary N) is 1. The number of hydrogen-bond acceptors (Lipinski definition) is 1. The molecular weight excluding hydrogens is 194 g/mol. The van der Waals surface area contributed by atoms with Gasteiger partial charge in [-0.2, -0.15) is 0 Å². The van der Waals surface area contributed by atoms with Gasteiger partial charge in [0.25, 0.3) is 0 Å². The van der Waals surface area contributed by atoms with Crippen molar-refractivity contribution in [2.75, 3.05) is 0 Å². The Hall–Kier alpha value is -0.530. The summed E-state index contributed by atoms with van der Waals surface area (Å²) in [5.74, 6) is 0. The summed E-state index contributed by atoms with van der Waals surface area (Å²) in [7, 11) is 0. The molecule has 1 nitrogen and oxygen atoms in total. The van der Waals surface area contributed by atoms with E-state index < -0.39 is 0 Å². The van der Waals surface area contributed by atoms with Crippen LogP contribution in [0.25, 0.3) is 0 Å². The third-order valence-corrected chi connectivity index (χ3v) is 3.21. The van der Waals surface area contributed by atoms with Crippen molar-refractivity contribution in [2.45, 2.75) is 38.3 Å². The monoisotopic (exact) mass is 209 g/mol. The molecule has 1 fully saturated rings. The highest BCUT2D eigenvalue weighted by molar-refractivity contribution is 6.30. The molecule has 1 saturated carbocycles. The molecular formula is C12H16ClN. The zero-order valence-electron chi connectivity index (χ0n) is 8.46. The SMILES string of the molecule is CC(NC1CCC1)c1ccc(Cl)cc1. The second-order valence-electron chi connectivity index (χ2n) is 4.07. The minimum Gasteiger partial charge on any atom is -0.307 e. The molecule has 0 bridgehead atoms. The number of benzene rings is 1. The summed E-state index contributed by atoms with van der Waals surface area (Å²) < 4.78 is 0. The highest BCUT2D eigenvalue weighted by atomic mass is 35.5. The average Bonchev–Trinajstić information content (AvgIpc) is 2.12. The van der Waals surface area contributed by atoms with Crippen molar-refractivity contribution in [2.24, 2.45) is 0 Å². The van der Waals surface area contributed by atoms with Crippen LogP contribution in [-0.4, -0.2) is 6.04 Å². The quantitative estimate of drug-likeness (QED) is 0.803. The van der Waals surface area contributed by atoms with Crippen LogP contribution in [0.1, 0.15) is 37.8 Å². The van der Waals surface area contributed by atoms with Crippen molar-refractivity contribution in [3.8, 4) is 0 Å². The van der Waals surface area contributed by atoms with Gasteiger partial charge in [-0.05, 0) is 37.5 Å². The minimum absolute atomic E-state index is 0.442. The second kappa shape index (κ2) is 4.33. The lowest BCUT2D eigenvalue weighted by molar-refractivity contribution is 0.313. The van der Waals surface area contributed by atoms with Gasteiger partial charge in [0, 0.05) is 17.1 Å². The number of hydrogen-bond donors (Lipinski definition) is 1. The van der Waals surface area contributed by atoms with Crippen LogP contribution in [0.4, 0.5) is 0 Å². The Morgan fingerprint density at radius 2 is 1.93 bits per heavy atom. The Bertz CT molecular complexity index is 290. The maximum absolute atomic E-state index is 5.84. The summed E-state index contributed by atoms with van der Waals surface area (Å²) in [6.45, 7) is 2.21. The molecule has 76 valence electrons. The van der Waals surface area contributed by atoms with Crippen molar-refractivity contribution in [1.82, 2.24) is 5.32 Å². The Labute approximate surface area is 90.5 Å². The lowest BCUT2D eigenvalue weighted by Crippen LogP contribution is -2.36. The van der Waals surface area contributed by atoms with E-state index in [1.54, 1.807) is 0 Å². The van der Waals surface area contributed by atoms with Crippen LogP contribution in [0, 0.1) is 0 Å². The zero-order chi connectivity index (χ0) is 9.97. The fourth-order valence-corrected chi connectivity index (χ4v) is 1.90.